The van der Waals surface area contributed by atoms with Gasteiger partial charge in [0.1, 0.15) is 36.6 Å². The van der Waals surface area contributed by atoms with Gasteiger partial charge >= 0.3 is 11.9 Å². The van der Waals surface area contributed by atoms with E-state index in [1.165, 1.54) is 18.3 Å². The smallest absolute Gasteiger partial charge is 0.324 e. The largest absolute Gasteiger partial charge is 0.458 e. The van der Waals surface area contributed by atoms with Gasteiger partial charge in [0.05, 0.1) is 27.6 Å². The summed E-state index contributed by atoms with van der Waals surface area (Å²) >= 11 is 1.43. The third-order valence-electron chi connectivity index (χ3n) is 12.8. The maximum absolute atomic E-state index is 15.0. The summed E-state index contributed by atoms with van der Waals surface area (Å²) in [4.78, 5) is 69.0. The number of likely N-dealkylation sites (N-methyl/N-ethyl adjacent to an activating group) is 1. The second-order valence-corrected chi connectivity index (χ2v) is 18.4. The highest BCUT2D eigenvalue weighted by Crippen LogP contribution is 2.53. The monoisotopic (exact) mass is 822 g/mol. The van der Waals surface area contributed by atoms with Crippen molar-refractivity contribution in [3.05, 3.63) is 35.5 Å². The first-order valence-corrected chi connectivity index (χ1v) is 21.1. The number of cyclic esters (lactones) is 1. The minimum atomic E-state index is -1.42. The molecule has 0 unspecified atom stereocenters. The number of carbonyl (C=O) groups is 4. The zero-order valence-electron chi connectivity index (χ0n) is 35.1. The van der Waals surface area contributed by atoms with E-state index in [9.17, 15) is 24.3 Å². The minimum absolute atomic E-state index is 0.0638. The van der Waals surface area contributed by atoms with E-state index in [4.69, 9.17) is 23.7 Å². The van der Waals surface area contributed by atoms with E-state index in [1.807, 2.05) is 58.8 Å². The van der Waals surface area contributed by atoms with Gasteiger partial charge in [0.25, 0.3) is 0 Å². The fourth-order valence-electron chi connectivity index (χ4n) is 9.84. The average Bonchev–Trinajstić information content (AvgIpc) is 3.89. The molecule has 0 bridgehead atoms. The second kappa shape index (κ2) is 17.2. The topological polar surface area (TPSA) is 176 Å². The molecule has 6 heterocycles. The molecule has 2 N–H and O–H groups in total. The van der Waals surface area contributed by atoms with Gasteiger partial charge in [-0.3, -0.25) is 19.2 Å². The van der Waals surface area contributed by atoms with Crippen LogP contribution in [0.25, 0.3) is 10.7 Å². The van der Waals surface area contributed by atoms with Crippen LogP contribution in [0.2, 0.25) is 0 Å². The molecule has 4 aliphatic rings. The third-order valence-corrected chi connectivity index (χ3v) is 13.8. The molecule has 2 aromatic heterocycles. The van der Waals surface area contributed by atoms with E-state index in [0.29, 0.717) is 12.2 Å². The maximum atomic E-state index is 15.0. The molecule has 14 nitrogen and oxygen atoms in total. The molecular weight excluding hydrogens is 765 g/mol. The molecule has 0 radical (unpaired) electrons. The number of aliphatic hydroxyl groups excluding tert-OH is 1. The number of rotatable bonds is 7. The Hall–Kier alpha value is -3.62. The summed E-state index contributed by atoms with van der Waals surface area (Å²) in [5, 5.41) is 14.9. The Morgan fingerprint density at radius 2 is 1.76 bits per heavy atom. The van der Waals surface area contributed by atoms with Gasteiger partial charge in [-0.25, -0.2) is 9.97 Å². The van der Waals surface area contributed by atoms with Gasteiger partial charge in [-0.2, -0.15) is 0 Å². The summed E-state index contributed by atoms with van der Waals surface area (Å²) in [5.74, 6) is 1.27. The number of aliphatic hydroxyl groups is 1. The third kappa shape index (κ3) is 8.26. The second-order valence-electron chi connectivity index (χ2n) is 17.3. The number of hydrogen-bond donors (Lipinski definition) is 2. The number of ether oxygens (including phenoxy) is 5. The minimum Gasteiger partial charge on any atom is -0.458 e. The Bertz CT molecular complexity index is 1920. The van der Waals surface area contributed by atoms with Crippen LogP contribution in [0, 0.1) is 40.9 Å². The number of esters is 2. The highest BCUT2D eigenvalue weighted by molar-refractivity contribution is 7.15. The number of carbonyl (C=O) groups excluding carboxylic acids is 4. The Balaban J connectivity index is 1.41. The first-order chi connectivity index (χ1) is 27.3. The number of nitrogens with zero attached hydrogens (tertiary/aromatic N) is 3. The molecule has 4 aliphatic heterocycles. The average molecular weight is 823 g/mol. The number of hydrogen-bond acceptors (Lipinski definition) is 15. The number of thiophene rings is 1. The molecule has 14 atom stereocenters. The van der Waals surface area contributed by atoms with Crippen LogP contribution in [0.15, 0.2) is 30.6 Å². The molecule has 0 amide bonds. The molecule has 4 fully saturated rings. The predicted octanol–water partition coefficient (Wildman–Crippen LogP) is 3.82. The van der Waals surface area contributed by atoms with Crippen LogP contribution in [-0.4, -0.2) is 125 Å². The zero-order chi connectivity index (χ0) is 42.3. The summed E-state index contributed by atoms with van der Waals surface area (Å²) in [6.07, 6.45) is -0.397. The lowest BCUT2D eigenvalue weighted by molar-refractivity contribution is -0.296. The van der Waals surface area contributed by atoms with Gasteiger partial charge in [-0.1, -0.05) is 39.5 Å². The Morgan fingerprint density at radius 3 is 2.43 bits per heavy atom. The van der Waals surface area contributed by atoms with Crippen LogP contribution < -0.4 is 5.32 Å². The molecule has 2 aromatic rings. The van der Waals surface area contributed by atoms with Gasteiger partial charge in [0.15, 0.2) is 23.5 Å². The van der Waals surface area contributed by atoms with E-state index >= 15 is 0 Å². The predicted molar refractivity (Wildman–Crippen MR) is 214 cm³/mol. The molecule has 6 rings (SSSR count). The van der Waals surface area contributed by atoms with Crippen LogP contribution in [0.4, 0.5) is 0 Å². The fourth-order valence-corrected chi connectivity index (χ4v) is 10.7. The quantitative estimate of drug-likeness (QED) is 0.234. The van der Waals surface area contributed by atoms with Crippen molar-refractivity contribution < 1.29 is 48.0 Å². The van der Waals surface area contributed by atoms with Gasteiger partial charge in [0.2, 0.25) is 0 Å². The standard InChI is InChI=1S/C43H58N4O10S/c1-11-30-43(8)34-31(39(52)57-43)46-22-41(34,6)35(50)23(2)21-42(7,53-19-12-14-27-15-16-29(58-27)37-44-17-13-18-45-37)36(25(4)32(48)26(5)38(51)55-30)56-40-33(49)28(47(9)10)20-24(3)54-40/h13,15-18,23-26,28,30-31,33-34,36,40,46,49H,11,19-22H2,1-10H3/t23-,24-,25+,26-,28+,30-,31-,33-,34-,36-,40+,41-,42+,43-/m1/s1. The molecule has 58 heavy (non-hydrogen) atoms. The Kier molecular flexibility index (Phi) is 13.0. The fraction of sp³-hybridized carbons (Fsp3) is 0.674. The molecular formula is C43H58N4O10S. The molecule has 4 saturated heterocycles. The maximum Gasteiger partial charge on any atom is 0.324 e. The van der Waals surface area contributed by atoms with Crippen molar-refractivity contribution >= 4 is 34.8 Å². The van der Waals surface area contributed by atoms with Crippen molar-refractivity contribution in [2.24, 2.45) is 29.1 Å². The normalized spacial score (nSPS) is 39.7. The van der Waals surface area contributed by atoms with Crippen molar-refractivity contribution in [2.75, 3.05) is 27.2 Å². The lowest BCUT2D eigenvalue weighted by Crippen LogP contribution is -2.60. The molecule has 0 aliphatic carbocycles. The van der Waals surface area contributed by atoms with Crippen molar-refractivity contribution in [2.45, 2.75) is 129 Å². The number of ketones is 2. The van der Waals surface area contributed by atoms with Crippen LogP contribution in [-0.2, 0) is 42.9 Å². The number of nitrogens with one attached hydrogen (secondary N) is 1. The SMILES string of the molecule is CC[C@H]1OC(=O)[C@H](C)C(=O)[C@H](C)[C@@H](O[C@@H]2O[C@H](C)C[C@H](N(C)C)[C@H]2O)[C@@](C)(OCC#Cc2ccc(-c3ncccn3)s2)C[C@@H](C)C(=O)[C@]2(C)CN[C@H]3C(=O)O[C@@]1(C)[C@H]32. The highest BCUT2D eigenvalue weighted by atomic mass is 32.1. The van der Waals surface area contributed by atoms with Crippen molar-refractivity contribution in [3.8, 4) is 22.5 Å². The first-order valence-electron chi connectivity index (χ1n) is 20.2. The Labute approximate surface area is 345 Å². The summed E-state index contributed by atoms with van der Waals surface area (Å²) in [5.41, 5.74) is -3.88. The molecule has 316 valence electrons. The van der Waals surface area contributed by atoms with E-state index < -0.39 is 88.7 Å². The van der Waals surface area contributed by atoms with Gasteiger partial charge < -0.3 is 39.0 Å². The summed E-state index contributed by atoms with van der Waals surface area (Å²) in [7, 11) is 3.74. The van der Waals surface area contributed by atoms with E-state index in [-0.39, 0.29) is 43.9 Å². The highest BCUT2D eigenvalue weighted by Gasteiger charge is 2.69. The summed E-state index contributed by atoms with van der Waals surface area (Å²) in [6, 6.07) is 4.42. The summed E-state index contributed by atoms with van der Waals surface area (Å²) < 4.78 is 31.8. The van der Waals surface area contributed by atoms with Crippen molar-refractivity contribution in [1.82, 2.24) is 20.2 Å². The van der Waals surface area contributed by atoms with E-state index in [1.54, 1.807) is 39.2 Å². The Morgan fingerprint density at radius 1 is 1.05 bits per heavy atom. The van der Waals surface area contributed by atoms with Crippen LogP contribution in [0.1, 0.15) is 79.5 Å². The number of aromatic nitrogens is 2. The lowest BCUT2D eigenvalue weighted by Gasteiger charge is -2.47. The molecule has 15 heteroatoms. The first kappa shape index (κ1) is 43.9. The van der Waals surface area contributed by atoms with Crippen LogP contribution >= 0.6 is 11.3 Å². The lowest BCUT2D eigenvalue weighted by atomic mass is 9.62. The van der Waals surface area contributed by atoms with E-state index in [0.717, 1.165) is 9.75 Å². The van der Waals surface area contributed by atoms with Gasteiger partial charge in [-0.15, -0.1) is 11.3 Å². The number of Topliss-reactive ketones (excluding diaryl/α,β-unsaturated/α-hetero) is 2. The van der Waals surface area contributed by atoms with Crippen LogP contribution in [0.5, 0.6) is 0 Å². The van der Waals surface area contributed by atoms with Crippen molar-refractivity contribution in [1.29, 1.82) is 0 Å². The zero-order valence-corrected chi connectivity index (χ0v) is 36.0. The van der Waals surface area contributed by atoms with Gasteiger partial charge in [0, 0.05) is 48.1 Å². The summed E-state index contributed by atoms with van der Waals surface area (Å²) in [6.45, 7) is 14.1. The van der Waals surface area contributed by atoms with Crippen LogP contribution in [0.3, 0.4) is 0 Å². The van der Waals surface area contributed by atoms with E-state index in [2.05, 4.69) is 27.1 Å². The van der Waals surface area contributed by atoms with Gasteiger partial charge in [-0.05, 0) is 79.3 Å². The molecule has 0 saturated carbocycles. The van der Waals surface area contributed by atoms with Crippen molar-refractivity contribution in [3.63, 3.8) is 0 Å². The molecule has 0 spiro atoms. The molecule has 0 aromatic carbocycles.